The van der Waals surface area contributed by atoms with Crippen molar-refractivity contribution in [2.24, 2.45) is 17.6 Å². The zero-order valence-electron chi connectivity index (χ0n) is 20.7. The molecule has 1 amide bonds. The monoisotopic (exact) mass is 521 g/mol. The molecule has 0 spiro atoms. The van der Waals surface area contributed by atoms with E-state index in [1.165, 1.54) is 17.2 Å². The molecule has 3 aliphatic carbocycles. The number of Topliss-reactive ketones (excluding diaryl/α,β-unsaturated/α-hetero) is 2. The Balaban J connectivity index is 1.73. The second-order valence-corrected chi connectivity index (χ2v) is 10.2. The highest BCUT2D eigenvalue weighted by atomic mass is 16.3. The summed E-state index contributed by atoms with van der Waals surface area (Å²) in [6.45, 7) is -0.238. The predicted molar refractivity (Wildman–Crippen MR) is 133 cm³/mol. The molecule has 0 saturated heterocycles. The number of nitrogens with zero attached hydrogens (tertiary/aromatic N) is 2. The molecule has 0 bridgehead atoms. The van der Waals surface area contributed by atoms with Gasteiger partial charge in [-0.05, 0) is 61.7 Å². The van der Waals surface area contributed by atoms with Crippen LogP contribution in [0.15, 0.2) is 47.5 Å². The van der Waals surface area contributed by atoms with Crippen LogP contribution in [0.3, 0.4) is 0 Å². The lowest BCUT2D eigenvalue weighted by Crippen LogP contribution is -2.65. The number of amides is 1. The van der Waals surface area contributed by atoms with Crippen molar-refractivity contribution in [1.82, 2.24) is 9.88 Å². The average molecular weight is 522 g/mol. The molecule has 198 valence electrons. The summed E-state index contributed by atoms with van der Waals surface area (Å²) < 4.78 is 0. The first kappa shape index (κ1) is 25.6. The van der Waals surface area contributed by atoms with Crippen LogP contribution in [0.5, 0.6) is 5.75 Å². The molecule has 3 aliphatic rings. The van der Waals surface area contributed by atoms with Crippen LogP contribution >= 0.6 is 0 Å². The lowest BCUT2D eigenvalue weighted by Gasteiger charge is -2.50. The molecule has 1 fully saturated rings. The lowest BCUT2D eigenvalue weighted by atomic mass is 9.57. The second kappa shape index (κ2) is 8.76. The SMILES string of the molecule is CN(C)[C@H]1C(=O)C(C(N)=O)=C(O)[C@@]2(O)C(=O)C3=C(O)c4c(O)ccc(-c5cncc(CO)c5)c4C[C@H]3C[C@@H]12. The number of likely N-dealkylation sites (N-methyl/N-ethyl adjacent to an activating group) is 1. The first-order chi connectivity index (χ1) is 17.9. The number of aliphatic hydroxyl groups is 4. The number of phenols is 1. The van der Waals surface area contributed by atoms with Crippen LogP contribution in [0.25, 0.3) is 16.9 Å². The predicted octanol–water partition coefficient (Wildman–Crippen LogP) is 0.518. The number of aromatic nitrogens is 1. The van der Waals surface area contributed by atoms with Gasteiger partial charge in [0.05, 0.1) is 18.2 Å². The number of carbonyl (C=O) groups excluding carboxylic acids is 3. The van der Waals surface area contributed by atoms with Crippen LogP contribution < -0.4 is 5.73 Å². The smallest absolute Gasteiger partial charge is 0.255 e. The van der Waals surface area contributed by atoms with E-state index >= 15 is 0 Å². The minimum atomic E-state index is -2.68. The van der Waals surface area contributed by atoms with E-state index in [2.05, 4.69) is 4.98 Å². The van der Waals surface area contributed by atoms with Crippen LogP contribution in [0.1, 0.15) is 23.1 Å². The summed E-state index contributed by atoms with van der Waals surface area (Å²) in [5.74, 6) is -6.98. The van der Waals surface area contributed by atoms with Gasteiger partial charge in [-0.2, -0.15) is 0 Å². The summed E-state index contributed by atoms with van der Waals surface area (Å²) in [6, 6.07) is 3.57. The third-order valence-corrected chi connectivity index (χ3v) is 7.89. The maximum atomic E-state index is 13.9. The van der Waals surface area contributed by atoms with Gasteiger partial charge in [0.2, 0.25) is 5.78 Å². The third kappa shape index (κ3) is 3.39. The topological polar surface area (TPSA) is 195 Å². The van der Waals surface area contributed by atoms with Crippen molar-refractivity contribution in [3.05, 3.63) is 64.2 Å². The molecule has 11 nitrogen and oxygen atoms in total. The first-order valence-corrected chi connectivity index (χ1v) is 12.0. The Hall–Kier alpha value is -4.06. The molecule has 1 aromatic carbocycles. The van der Waals surface area contributed by atoms with Gasteiger partial charge in [0.1, 0.15) is 22.8 Å². The summed E-state index contributed by atoms with van der Waals surface area (Å²) in [5.41, 5.74) is 3.89. The van der Waals surface area contributed by atoms with Gasteiger partial charge >= 0.3 is 0 Å². The number of aliphatic hydroxyl groups excluding tert-OH is 3. The fourth-order valence-corrected chi connectivity index (χ4v) is 6.24. The van der Waals surface area contributed by atoms with Crippen LogP contribution in [-0.4, -0.2) is 78.6 Å². The van der Waals surface area contributed by atoms with Gasteiger partial charge in [0.25, 0.3) is 5.91 Å². The van der Waals surface area contributed by atoms with Crippen LogP contribution in [0, 0.1) is 11.8 Å². The number of aromatic hydroxyl groups is 1. The molecule has 0 radical (unpaired) electrons. The molecule has 0 aliphatic heterocycles. The number of benzene rings is 1. The van der Waals surface area contributed by atoms with Gasteiger partial charge in [0.15, 0.2) is 11.4 Å². The Morgan fingerprint density at radius 3 is 2.53 bits per heavy atom. The van der Waals surface area contributed by atoms with E-state index in [4.69, 9.17) is 5.73 Å². The fourth-order valence-electron chi connectivity index (χ4n) is 6.24. The largest absolute Gasteiger partial charge is 0.508 e. The highest BCUT2D eigenvalue weighted by molar-refractivity contribution is 6.24. The van der Waals surface area contributed by atoms with Gasteiger partial charge < -0.3 is 31.3 Å². The Labute approximate surface area is 217 Å². The molecule has 38 heavy (non-hydrogen) atoms. The Bertz CT molecular complexity index is 1480. The number of hydrogen-bond donors (Lipinski definition) is 6. The van der Waals surface area contributed by atoms with Gasteiger partial charge in [0, 0.05) is 29.4 Å². The van der Waals surface area contributed by atoms with Crippen molar-refractivity contribution in [3.63, 3.8) is 0 Å². The molecule has 7 N–H and O–H groups in total. The molecule has 5 rings (SSSR count). The number of carbonyl (C=O) groups is 3. The van der Waals surface area contributed by atoms with Crippen molar-refractivity contribution in [2.45, 2.75) is 31.1 Å². The van der Waals surface area contributed by atoms with E-state index in [0.29, 0.717) is 22.3 Å². The summed E-state index contributed by atoms with van der Waals surface area (Å²) in [7, 11) is 3.09. The molecular formula is C27H27N3O8. The third-order valence-electron chi connectivity index (χ3n) is 7.89. The molecule has 1 saturated carbocycles. The van der Waals surface area contributed by atoms with E-state index in [-0.39, 0.29) is 36.3 Å². The number of primary amides is 1. The number of pyridine rings is 1. The number of nitrogens with two attached hydrogens (primary N) is 1. The van der Waals surface area contributed by atoms with Crippen LogP contribution in [0.4, 0.5) is 0 Å². The Kier molecular flexibility index (Phi) is 5.90. The van der Waals surface area contributed by atoms with Crippen LogP contribution in [-0.2, 0) is 27.4 Å². The van der Waals surface area contributed by atoms with E-state index in [0.717, 1.165) is 0 Å². The molecular weight excluding hydrogens is 494 g/mol. The average Bonchev–Trinajstić information content (AvgIpc) is 2.86. The van der Waals surface area contributed by atoms with Crippen molar-refractivity contribution in [3.8, 4) is 16.9 Å². The molecule has 4 atom stereocenters. The normalized spacial score (nSPS) is 26.8. The molecule has 1 aromatic heterocycles. The zero-order chi connectivity index (χ0) is 27.7. The molecule has 2 aromatic rings. The molecule has 1 heterocycles. The van der Waals surface area contributed by atoms with Crippen molar-refractivity contribution in [2.75, 3.05) is 14.1 Å². The summed E-state index contributed by atoms with van der Waals surface area (Å²) in [5, 5.41) is 54.1. The van der Waals surface area contributed by atoms with Crippen molar-refractivity contribution in [1.29, 1.82) is 0 Å². The zero-order valence-corrected chi connectivity index (χ0v) is 20.7. The second-order valence-electron chi connectivity index (χ2n) is 10.2. The number of rotatable bonds is 4. The molecule has 11 heteroatoms. The standard InChI is InChI=1S/C27H27N3O8/c1-30(2)21-16-7-12-6-15-14(13-5-11(10-31)8-29-9-13)3-4-17(32)19(15)22(33)18(12)24(35)27(16,38)25(36)20(23(21)34)26(28)37/h3-5,8-9,12,16,21,31-33,36,38H,6-7,10H2,1-2H3,(H2,28,37)/t12-,16-,21+,27-/m0/s1. The highest BCUT2D eigenvalue weighted by Gasteiger charge is 2.64. The highest BCUT2D eigenvalue weighted by Crippen LogP contribution is 2.53. The molecule has 0 unspecified atom stereocenters. The van der Waals surface area contributed by atoms with Gasteiger partial charge in [-0.1, -0.05) is 6.07 Å². The number of hydrogen-bond acceptors (Lipinski definition) is 10. The quantitative estimate of drug-likeness (QED) is 0.309. The summed E-state index contributed by atoms with van der Waals surface area (Å²) in [6.07, 6.45) is 3.23. The number of fused-ring (bicyclic) bond motifs is 3. The summed E-state index contributed by atoms with van der Waals surface area (Å²) in [4.78, 5) is 44.7. The number of ketones is 2. The minimum absolute atomic E-state index is 0.00418. The fraction of sp³-hybridized carbons (Fsp3) is 0.333. The van der Waals surface area contributed by atoms with E-state index in [1.54, 1.807) is 32.4 Å². The van der Waals surface area contributed by atoms with Crippen molar-refractivity contribution >= 4 is 23.2 Å². The van der Waals surface area contributed by atoms with Crippen LogP contribution in [0.2, 0.25) is 0 Å². The first-order valence-electron chi connectivity index (χ1n) is 12.0. The van der Waals surface area contributed by atoms with E-state index in [9.17, 15) is 39.9 Å². The maximum Gasteiger partial charge on any atom is 0.255 e. The van der Waals surface area contributed by atoms with E-state index < -0.39 is 58.0 Å². The van der Waals surface area contributed by atoms with Gasteiger partial charge in [-0.15, -0.1) is 0 Å². The van der Waals surface area contributed by atoms with Crippen molar-refractivity contribution < 1.29 is 39.9 Å². The maximum absolute atomic E-state index is 13.9. The Morgan fingerprint density at radius 2 is 1.89 bits per heavy atom. The number of phenolic OH excluding ortho intramolecular Hbond substituents is 1. The lowest BCUT2D eigenvalue weighted by molar-refractivity contribution is -0.153. The van der Waals surface area contributed by atoms with Gasteiger partial charge in [-0.3, -0.25) is 24.3 Å². The Morgan fingerprint density at radius 1 is 1.18 bits per heavy atom. The van der Waals surface area contributed by atoms with Gasteiger partial charge in [-0.25, -0.2) is 0 Å². The minimum Gasteiger partial charge on any atom is -0.508 e. The summed E-state index contributed by atoms with van der Waals surface area (Å²) >= 11 is 0. The van der Waals surface area contributed by atoms with E-state index in [1.807, 2.05) is 0 Å².